The number of carbonyl (C=O) groups is 2. The lowest BCUT2D eigenvalue weighted by molar-refractivity contribution is -0.142. The van der Waals surface area contributed by atoms with Crippen LogP contribution in [-0.2, 0) is 15.8 Å². The summed E-state index contributed by atoms with van der Waals surface area (Å²) in [6.07, 6.45) is -1.58. The topological polar surface area (TPSA) is 115 Å². The summed E-state index contributed by atoms with van der Waals surface area (Å²) in [5, 5.41) is 21.8. The van der Waals surface area contributed by atoms with Gasteiger partial charge in [0, 0.05) is 24.3 Å². The summed E-state index contributed by atoms with van der Waals surface area (Å²) >= 11 is 0.682. The van der Waals surface area contributed by atoms with E-state index >= 15 is 0 Å². The maximum Gasteiger partial charge on any atom is 0.434 e. The van der Waals surface area contributed by atoms with Gasteiger partial charge < -0.3 is 20.5 Å². The lowest BCUT2D eigenvalue weighted by atomic mass is 9.95. The van der Waals surface area contributed by atoms with E-state index in [2.05, 4.69) is 10.3 Å². The molecule has 174 valence electrons. The van der Waals surface area contributed by atoms with E-state index in [9.17, 15) is 27.9 Å². The highest BCUT2D eigenvalue weighted by Gasteiger charge is 2.55. The first-order valence-corrected chi connectivity index (χ1v) is 11.2. The van der Waals surface area contributed by atoms with E-state index in [4.69, 9.17) is 5.21 Å². The number of aliphatic hydroxyl groups is 1. The van der Waals surface area contributed by atoms with Crippen LogP contribution in [0, 0.1) is 11.3 Å². The molecule has 1 saturated heterocycles. The second kappa shape index (κ2) is 9.39. The number of rotatable bonds is 9. The summed E-state index contributed by atoms with van der Waals surface area (Å²) in [6.45, 7) is 2.37. The van der Waals surface area contributed by atoms with Crippen molar-refractivity contribution in [1.29, 1.82) is 0 Å². The lowest BCUT2D eigenvalue weighted by Gasteiger charge is -2.29. The Morgan fingerprint density at radius 1 is 1.42 bits per heavy atom. The van der Waals surface area contributed by atoms with Gasteiger partial charge in [-0.2, -0.15) is 18.7 Å². The van der Waals surface area contributed by atoms with Crippen LogP contribution in [0.2, 0.25) is 0 Å². The first kappa shape index (κ1) is 23.9. The number of hydroxylamine groups is 1. The molecule has 8 nitrogen and oxygen atoms in total. The Balaban J connectivity index is 1.74. The van der Waals surface area contributed by atoms with Gasteiger partial charge in [0.25, 0.3) is 0 Å². The predicted octanol–water partition coefficient (Wildman–Crippen LogP) is 2.98. The molecule has 0 radical (unpaired) electrons. The zero-order valence-corrected chi connectivity index (χ0v) is 17.9. The molecule has 1 aromatic heterocycles. The Kier molecular flexibility index (Phi) is 7.24. The molecule has 2 fully saturated rings. The quantitative estimate of drug-likeness (QED) is 0.330. The van der Waals surface area contributed by atoms with Crippen LogP contribution in [-0.4, -0.2) is 50.8 Å². The minimum absolute atomic E-state index is 0.00536. The molecule has 3 atom stereocenters. The maximum absolute atomic E-state index is 13.3. The van der Waals surface area contributed by atoms with Gasteiger partial charge in [0.1, 0.15) is 12.3 Å². The number of hydrogen-bond acceptors (Lipinski definition) is 7. The molecular formula is C19H27F3N4O4S. The van der Waals surface area contributed by atoms with Gasteiger partial charge in [0.05, 0.1) is 0 Å². The van der Waals surface area contributed by atoms with Crippen LogP contribution in [0.15, 0.2) is 5.38 Å². The van der Waals surface area contributed by atoms with Gasteiger partial charge in [-0.15, -0.1) is 11.3 Å². The average molecular weight is 465 g/mol. The van der Waals surface area contributed by atoms with Crippen LogP contribution < -0.4 is 10.8 Å². The van der Waals surface area contributed by atoms with Crippen molar-refractivity contribution in [2.24, 2.45) is 11.3 Å². The molecule has 1 unspecified atom stereocenters. The third-order valence-electron chi connectivity index (χ3n) is 5.99. The Labute approximate surface area is 181 Å². The highest BCUT2D eigenvalue weighted by Crippen LogP contribution is 2.55. The fourth-order valence-corrected chi connectivity index (χ4v) is 4.78. The lowest BCUT2D eigenvalue weighted by Crippen LogP contribution is -2.46. The minimum atomic E-state index is -4.60. The van der Waals surface area contributed by atoms with E-state index in [1.807, 2.05) is 6.92 Å². The normalized spacial score (nSPS) is 21.9. The molecule has 1 saturated carbocycles. The van der Waals surface area contributed by atoms with Crippen LogP contribution in [0.1, 0.15) is 57.6 Å². The zero-order valence-electron chi connectivity index (χ0n) is 17.1. The van der Waals surface area contributed by atoms with Crippen molar-refractivity contribution < 1.29 is 33.1 Å². The molecule has 1 aliphatic carbocycles. The molecule has 2 amide bonds. The molecule has 4 N–H and O–H groups in total. The SMILES string of the molecule is CCCC[C@H](CC(O)NO)C(=O)N1CC2(CC2)C[C@H]1C(=O)Nc1nc(C(F)(F)F)cs1. The van der Waals surface area contributed by atoms with Crippen molar-refractivity contribution >= 4 is 28.3 Å². The molecule has 0 bridgehead atoms. The van der Waals surface area contributed by atoms with Gasteiger partial charge in [0.15, 0.2) is 10.8 Å². The fourth-order valence-electron chi connectivity index (χ4n) is 4.06. The van der Waals surface area contributed by atoms with Crippen molar-refractivity contribution in [2.45, 2.75) is 70.3 Å². The number of halogens is 3. The fraction of sp³-hybridized carbons (Fsp3) is 0.737. The maximum atomic E-state index is 13.3. The van der Waals surface area contributed by atoms with Crippen molar-refractivity contribution in [3.63, 3.8) is 0 Å². The van der Waals surface area contributed by atoms with Crippen LogP contribution in [0.25, 0.3) is 0 Å². The molecule has 2 heterocycles. The number of hydrogen-bond donors (Lipinski definition) is 4. The van der Waals surface area contributed by atoms with Crippen molar-refractivity contribution in [3.05, 3.63) is 11.1 Å². The van der Waals surface area contributed by atoms with E-state index in [1.165, 1.54) is 4.90 Å². The third-order valence-corrected chi connectivity index (χ3v) is 6.75. The average Bonchev–Trinajstić information content (AvgIpc) is 3.12. The molecule has 1 aromatic rings. The summed E-state index contributed by atoms with van der Waals surface area (Å²) in [5.41, 5.74) is 0.536. The van der Waals surface area contributed by atoms with E-state index in [1.54, 1.807) is 5.48 Å². The van der Waals surface area contributed by atoms with E-state index < -0.39 is 36.0 Å². The number of alkyl halides is 3. The van der Waals surface area contributed by atoms with Crippen molar-refractivity contribution in [1.82, 2.24) is 15.4 Å². The number of anilines is 1. The zero-order chi connectivity index (χ0) is 22.8. The number of amides is 2. The number of aromatic nitrogens is 1. The number of likely N-dealkylation sites (tertiary alicyclic amines) is 1. The highest BCUT2D eigenvalue weighted by atomic mass is 32.1. The minimum Gasteiger partial charge on any atom is -0.376 e. The Morgan fingerprint density at radius 3 is 2.68 bits per heavy atom. The number of carbonyl (C=O) groups excluding carboxylic acids is 2. The van der Waals surface area contributed by atoms with Crippen LogP contribution in [0.3, 0.4) is 0 Å². The van der Waals surface area contributed by atoms with Crippen LogP contribution >= 0.6 is 11.3 Å². The number of aliphatic hydroxyl groups excluding tert-OH is 1. The molecule has 3 rings (SSSR count). The Bertz CT molecular complexity index is 799. The van der Waals surface area contributed by atoms with Crippen molar-refractivity contribution in [3.8, 4) is 0 Å². The second-order valence-corrected chi connectivity index (χ2v) is 9.29. The molecule has 31 heavy (non-hydrogen) atoms. The molecular weight excluding hydrogens is 437 g/mol. The summed E-state index contributed by atoms with van der Waals surface area (Å²) in [5.74, 6) is -1.44. The summed E-state index contributed by atoms with van der Waals surface area (Å²) < 4.78 is 38.3. The summed E-state index contributed by atoms with van der Waals surface area (Å²) in [7, 11) is 0. The van der Waals surface area contributed by atoms with Gasteiger partial charge in [-0.1, -0.05) is 19.8 Å². The van der Waals surface area contributed by atoms with E-state index in [-0.39, 0.29) is 22.9 Å². The number of nitrogens with one attached hydrogen (secondary N) is 2. The summed E-state index contributed by atoms with van der Waals surface area (Å²) in [6, 6.07) is -0.809. The van der Waals surface area contributed by atoms with Gasteiger partial charge in [-0.3, -0.25) is 9.59 Å². The van der Waals surface area contributed by atoms with E-state index in [0.29, 0.717) is 30.7 Å². The highest BCUT2D eigenvalue weighted by molar-refractivity contribution is 7.13. The molecule has 0 aromatic carbocycles. The first-order chi connectivity index (χ1) is 14.6. The first-order valence-electron chi connectivity index (χ1n) is 10.3. The smallest absolute Gasteiger partial charge is 0.376 e. The number of nitrogens with zero attached hydrogens (tertiary/aromatic N) is 2. The van der Waals surface area contributed by atoms with Gasteiger partial charge in [0.2, 0.25) is 11.8 Å². The van der Waals surface area contributed by atoms with Gasteiger partial charge in [-0.05, 0) is 31.1 Å². The monoisotopic (exact) mass is 464 g/mol. The molecule has 1 aliphatic heterocycles. The van der Waals surface area contributed by atoms with Gasteiger partial charge in [-0.25, -0.2) is 4.98 Å². The number of unbranched alkanes of at least 4 members (excludes halogenated alkanes) is 1. The molecule has 1 spiro atoms. The molecule has 2 aliphatic rings. The van der Waals surface area contributed by atoms with Crippen LogP contribution in [0.4, 0.5) is 18.3 Å². The molecule has 12 heteroatoms. The van der Waals surface area contributed by atoms with Crippen molar-refractivity contribution in [2.75, 3.05) is 11.9 Å². The second-order valence-electron chi connectivity index (χ2n) is 8.43. The Morgan fingerprint density at radius 2 is 2.13 bits per heavy atom. The predicted molar refractivity (Wildman–Crippen MR) is 106 cm³/mol. The standard InChI is InChI=1S/C19H27F3N4O4S/c1-2-3-4-11(7-14(27)25-30)16(29)26-10-18(5-6-18)8-12(26)15(28)24-17-23-13(9-31-17)19(20,21)22/h9,11-12,14,25,27,30H,2-8,10H2,1H3,(H,23,24,28)/t11-,12+,14?/m1/s1. The third kappa shape index (κ3) is 5.73. The van der Waals surface area contributed by atoms with E-state index in [0.717, 1.165) is 31.1 Å². The summed E-state index contributed by atoms with van der Waals surface area (Å²) in [4.78, 5) is 31.1. The number of thiazole rings is 1. The van der Waals surface area contributed by atoms with Crippen LogP contribution in [0.5, 0.6) is 0 Å². The van der Waals surface area contributed by atoms with Gasteiger partial charge >= 0.3 is 6.18 Å². The largest absolute Gasteiger partial charge is 0.434 e. The Hall–Kier alpha value is -1.76.